The third kappa shape index (κ3) is 3.61. The quantitative estimate of drug-likeness (QED) is 0.773. The van der Waals surface area contributed by atoms with Crippen molar-refractivity contribution in [3.63, 3.8) is 0 Å². The SMILES string of the molecule is CNc1cc2c(cc1Cl)CC(C)(C)N/C2=C\C(=O)C1CCCCC1. The van der Waals surface area contributed by atoms with Gasteiger partial charge < -0.3 is 10.6 Å². The number of rotatable bonds is 3. The molecule has 4 heteroatoms. The summed E-state index contributed by atoms with van der Waals surface area (Å²) in [6.45, 7) is 4.32. The Morgan fingerprint density at radius 3 is 2.67 bits per heavy atom. The second-order valence-corrected chi connectivity index (χ2v) is 8.13. The van der Waals surface area contributed by atoms with Crippen molar-refractivity contribution >= 4 is 28.8 Å². The van der Waals surface area contributed by atoms with Crippen LogP contribution >= 0.6 is 11.6 Å². The van der Waals surface area contributed by atoms with Gasteiger partial charge in [0.05, 0.1) is 10.7 Å². The van der Waals surface area contributed by atoms with Crippen molar-refractivity contribution in [1.82, 2.24) is 5.32 Å². The molecule has 1 fully saturated rings. The molecule has 0 saturated heterocycles. The van der Waals surface area contributed by atoms with E-state index in [1.54, 1.807) is 0 Å². The van der Waals surface area contributed by atoms with Gasteiger partial charge in [-0.3, -0.25) is 4.79 Å². The van der Waals surface area contributed by atoms with Crippen molar-refractivity contribution in [1.29, 1.82) is 0 Å². The average molecular weight is 347 g/mol. The molecule has 2 aliphatic rings. The van der Waals surface area contributed by atoms with Crippen LogP contribution in [0.2, 0.25) is 5.02 Å². The van der Waals surface area contributed by atoms with Crippen LogP contribution in [0, 0.1) is 5.92 Å². The molecule has 1 aliphatic carbocycles. The first-order valence-corrected chi connectivity index (χ1v) is 9.32. The lowest BCUT2D eigenvalue weighted by molar-refractivity contribution is -0.119. The van der Waals surface area contributed by atoms with E-state index in [1.807, 2.05) is 19.2 Å². The van der Waals surface area contributed by atoms with E-state index < -0.39 is 0 Å². The summed E-state index contributed by atoms with van der Waals surface area (Å²) in [7, 11) is 1.87. The number of fused-ring (bicyclic) bond motifs is 1. The van der Waals surface area contributed by atoms with Gasteiger partial charge in [0.2, 0.25) is 0 Å². The van der Waals surface area contributed by atoms with E-state index in [9.17, 15) is 4.79 Å². The Kier molecular flexibility index (Phi) is 4.91. The van der Waals surface area contributed by atoms with Gasteiger partial charge in [-0.2, -0.15) is 0 Å². The molecule has 0 bridgehead atoms. The van der Waals surface area contributed by atoms with Crippen molar-refractivity contribution in [2.45, 2.75) is 57.9 Å². The molecule has 0 atom stereocenters. The van der Waals surface area contributed by atoms with Crippen molar-refractivity contribution in [3.05, 3.63) is 34.4 Å². The van der Waals surface area contributed by atoms with Gasteiger partial charge in [-0.1, -0.05) is 30.9 Å². The third-order valence-electron chi connectivity index (χ3n) is 5.15. The number of hydrogen-bond acceptors (Lipinski definition) is 3. The number of allylic oxidation sites excluding steroid dienone is 1. The molecule has 3 rings (SSSR count). The summed E-state index contributed by atoms with van der Waals surface area (Å²) >= 11 is 6.36. The molecule has 0 aromatic heterocycles. The fraction of sp³-hybridized carbons (Fsp3) is 0.550. The number of ketones is 1. The molecule has 0 spiro atoms. The van der Waals surface area contributed by atoms with Crippen LogP contribution in [0.1, 0.15) is 57.1 Å². The highest BCUT2D eigenvalue weighted by Gasteiger charge is 2.30. The van der Waals surface area contributed by atoms with Gasteiger partial charge in [-0.05, 0) is 50.8 Å². The van der Waals surface area contributed by atoms with E-state index in [0.717, 1.165) is 41.2 Å². The molecule has 1 aliphatic heterocycles. The molecular formula is C20H27ClN2O. The lowest BCUT2D eigenvalue weighted by atomic mass is 9.83. The molecule has 1 aromatic rings. The van der Waals surface area contributed by atoms with Gasteiger partial charge in [0.1, 0.15) is 0 Å². The van der Waals surface area contributed by atoms with Crippen LogP contribution in [0.3, 0.4) is 0 Å². The van der Waals surface area contributed by atoms with Crippen LogP contribution in [0.4, 0.5) is 5.69 Å². The number of carbonyl (C=O) groups excluding carboxylic acids is 1. The molecule has 130 valence electrons. The average Bonchev–Trinajstić information content (AvgIpc) is 2.54. The highest BCUT2D eigenvalue weighted by atomic mass is 35.5. The summed E-state index contributed by atoms with van der Waals surface area (Å²) in [5, 5.41) is 7.42. The molecule has 0 amide bonds. The maximum Gasteiger partial charge on any atom is 0.160 e. The zero-order valence-corrected chi connectivity index (χ0v) is 15.6. The Bertz CT molecular complexity index is 672. The molecular weight excluding hydrogens is 320 g/mol. The van der Waals surface area contributed by atoms with Crippen molar-refractivity contribution in [2.75, 3.05) is 12.4 Å². The number of carbonyl (C=O) groups is 1. The van der Waals surface area contributed by atoms with Crippen LogP contribution in [0.25, 0.3) is 5.70 Å². The fourth-order valence-electron chi connectivity index (χ4n) is 3.92. The monoisotopic (exact) mass is 346 g/mol. The van der Waals surface area contributed by atoms with Crippen LogP contribution in [0.15, 0.2) is 18.2 Å². The van der Waals surface area contributed by atoms with E-state index in [2.05, 4.69) is 30.5 Å². The summed E-state index contributed by atoms with van der Waals surface area (Å²) in [6.07, 6.45) is 8.40. The highest BCUT2D eigenvalue weighted by Crippen LogP contribution is 2.36. The second kappa shape index (κ2) is 6.79. The Morgan fingerprint density at radius 1 is 1.29 bits per heavy atom. The topological polar surface area (TPSA) is 41.1 Å². The molecule has 24 heavy (non-hydrogen) atoms. The number of anilines is 1. The Morgan fingerprint density at radius 2 is 2.00 bits per heavy atom. The summed E-state index contributed by atoms with van der Waals surface area (Å²) in [4.78, 5) is 12.8. The Hall–Kier alpha value is -1.48. The Labute approximate surface area is 149 Å². The largest absolute Gasteiger partial charge is 0.387 e. The van der Waals surface area contributed by atoms with Gasteiger partial charge in [0.25, 0.3) is 0 Å². The van der Waals surface area contributed by atoms with Crippen molar-refractivity contribution in [3.8, 4) is 0 Å². The second-order valence-electron chi connectivity index (χ2n) is 7.72. The Balaban J connectivity index is 1.98. The summed E-state index contributed by atoms with van der Waals surface area (Å²) < 4.78 is 0. The number of benzene rings is 1. The van der Waals surface area contributed by atoms with E-state index in [0.29, 0.717) is 0 Å². The molecule has 0 unspecified atom stereocenters. The van der Waals surface area contributed by atoms with E-state index >= 15 is 0 Å². The molecule has 3 nitrogen and oxygen atoms in total. The van der Waals surface area contributed by atoms with E-state index in [-0.39, 0.29) is 17.2 Å². The lowest BCUT2D eigenvalue weighted by Gasteiger charge is -2.36. The summed E-state index contributed by atoms with van der Waals surface area (Å²) in [5.41, 5.74) is 4.03. The molecule has 2 N–H and O–H groups in total. The smallest absolute Gasteiger partial charge is 0.160 e. The summed E-state index contributed by atoms with van der Waals surface area (Å²) in [5.74, 6) is 0.458. The zero-order chi connectivity index (χ0) is 17.3. The molecule has 1 saturated carbocycles. The van der Waals surface area contributed by atoms with Gasteiger partial charge in [0, 0.05) is 35.8 Å². The fourth-order valence-corrected chi connectivity index (χ4v) is 4.20. The van der Waals surface area contributed by atoms with Gasteiger partial charge in [-0.15, -0.1) is 0 Å². The van der Waals surface area contributed by atoms with Crippen LogP contribution < -0.4 is 10.6 Å². The predicted octanol–water partition coefficient (Wildman–Crippen LogP) is 4.80. The maximum atomic E-state index is 12.8. The van der Waals surface area contributed by atoms with Gasteiger partial charge >= 0.3 is 0 Å². The number of nitrogens with one attached hydrogen (secondary N) is 2. The minimum atomic E-state index is -0.0871. The third-order valence-corrected chi connectivity index (χ3v) is 5.46. The van der Waals surface area contributed by atoms with Gasteiger partial charge in [-0.25, -0.2) is 0 Å². The van der Waals surface area contributed by atoms with Crippen molar-refractivity contribution in [2.24, 2.45) is 5.92 Å². The van der Waals surface area contributed by atoms with Crippen LogP contribution in [0.5, 0.6) is 0 Å². The number of halogens is 1. The van der Waals surface area contributed by atoms with E-state index in [1.165, 1.54) is 24.8 Å². The predicted molar refractivity (Wildman–Crippen MR) is 101 cm³/mol. The molecule has 0 radical (unpaired) electrons. The minimum Gasteiger partial charge on any atom is -0.387 e. The highest BCUT2D eigenvalue weighted by molar-refractivity contribution is 6.33. The maximum absolute atomic E-state index is 12.8. The lowest BCUT2D eigenvalue weighted by Crippen LogP contribution is -2.44. The number of hydrogen-bond donors (Lipinski definition) is 2. The zero-order valence-electron chi connectivity index (χ0n) is 14.8. The summed E-state index contributed by atoms with van der Waals surface area (Å²) in [6, 6.07) is 4.09. The van der Waals surface area contributed by atoms with Crippen molar-refractivity contribution < 1.29 is 4.79 Å². The first kappa shape index (κ1) is 17.3. The first-order valence-electron chi connectivity index (χ1n) is 8.94. The minimum absolute atomic E-state index is 0.0871. The van der Waals surface area contributed by atoms with Gasteiger partial charge in [0.15, 0.2) is 5.78 Å². The van der Waals surface area contributed by atoms with E-state index in [4.69, 9.17) is 11.6 Å². The standard InChI is InChI=1S/C20H27ClN2O/c1-20(2)12-14-9-16(21)18(22-3)10-15(14)17(23-20)11-19(24)13-7-5-4-6-8-13/h9-11,13,22-23H,4-8,12H2,1-3H3/b17-11-. The van der Waals surface area contributed by atoms with Crippen LogP contribution in [-0.4, -0.2) is 18.4 Å². The molecule has 1 aromatic carbocycles. The molecule has 1 heterocycles. The van der Waals surface area contributed by atoms with Crippen LogP contribution in [-0.2, 0) is 11.2 Å². The first-order chi connectivity index (χ1) is 11.4. The normalized spacial score (nSPS) is 21.9.